The van der Waals surface area contributed by atoms with Crippen LogP contribution in [0.5, 0.6) is 0 Å². The van der Waals surface area contributed by atoms with Crippen LogP contribution < -0.4 is 11.1 Å². The lowest BCUT2D eigenvalue weighted by molar-refractivity contribution is -0.123. The summed E-state index contributed by atoms with van der Waals surface area (Å²) in [5, 5.41) is 7.28. The van der Waals surface area contributed by atoms with Crippen molar-refractivity contribution in [2.45, 2.75) is 26.3 Å². The predicted octanol–water partition coefficient (Wildman–Crippen LogP) is 1.04. The molecule has 1 amide bonds. The first kappa shape index (κ1) is 12.3. The zero-order chi connectivity index (χ0) is 13.3. The van der Waals surface area contributed by atoms with E-state index < -0.39 is 11.4 Å². The Labute approximate surface area is 105 Å². The van der Waals surface area contributed by atoms with Crippen LogP contribution >= 0.6 is 0 Å². The summed E-state index contributed by atoms with van der Waals surface area (Å²) in [6.45, 7) is 5.60. The molecule has 0 radical (unpaired) electrons. The first-order valence-electron chi connectivity index (χ1n) is 5.83. The molecule has 18 heavy (non-hydrogen) atoms. The first-order chi connectivity index (χ1) is 8.43. The van der Waals surface area contributed by atoms with Crippen LogP contribution in [0.4, 0.5) is 5.95 Å². The fourth-order valence-corrected chi connectivity index (χ4v) is 1.61. The van der Waals surface area contributed by atoms with Crippen molar-refractivity contribution in [3.05, 3.63) is 24.4 Å². The van der Waals surface area contributed by atoms with Gasteiger partial charge in [-0.2, -0.15) is 4.98 Å². The van der Waals surface area contributed by atoms with E-state index in [1.807, 2.05) is 32.0 Å². The summed E-state index contributed by atoms with van der Waals surface area (Å²) in [4.78, 5) is 15.9. The van der Waals surface area contributed by atoms with Crippen molar-refractivity contribution < 1.29 is 4.79 Å². The highest BCUT2D eigenvalue weighted by atomic mass is 16.1. The molecule has 1 unspecified atom stereocenters. The minimum Gasteiger partial charge on any atom is -0.368 e. The van der Waals surface area contributed by atoms with E-state index in [0.29, 0.717) is 5.95 Å². The van der Waals surface area contributed by atoms with Crippen LogP contribution in [0.3, 0.4) is 0 Å². The molecule has 0 aliphatic rings. The minimum absolute atomic E-state index is 0.0293. The molecule has 0 saturated heterocycles. The number of rotatable bonds is 4. The zero-order valence-corrected chi connectivity index (χ0v) is 10.7. The molecule has 0 aromatic carbocycles. The minimum atomic E-state index is -0.870. The zero-order valence-electron chi connectivity index (χ0n) is 10.7. The summed E-state index contributed by atoms with van der Waals surface area (Å²) in [6.07, 6.45) is 1.80. The van der Waals surface area contributed by atoms with Gasteiger partial charge in [-0.05, 0) is 25.0 Å². The molecule has 3 N–H and O–H groups in total. The number of carbonyl (C=O) groups is 1. The smallest absolute Gasteiger partial charge is 0.243 e. The van der Waals surface area contributed by atoms with E-state index >= 15 is 0 Å². The van der Waals surface area contributed by atoms with Crippen molar-refractivity contribution in [2.75, 3.05) is 5.32 Å². The SMILES string of the molecule is CC(C)C(C)(Nc1nc2ccccn2n1)C(N)=O. The molecule has 0 bridgehead atoms. The average Bonchev–Trinajstić information content (AvgIpc) is 2.70. The van der Waals surface area contributed by atoms with E-state index in [0.717, 1.165) is 5.65 Å². The fourth-order valence-electron chi connectivity index (χ4n) is 1.61. The summed E-state index contributed by atoms with van der Waals surface area (Å²) >= 11 is 0. The van der Waals surface area contributed by atoms with E-state index in [-0.39, 0.29) is 5.92 Å². The van der Waals surface area contributed by atoms with Gasteiger partial charge >= 0.3 is 0 Å². The maximum absolute atomic E-state index is 11.6. The molecule has 2 heterocycles. The van der Waals surface area contributed by atoms with E-state index in [2.05, 4.69) is 15.4 Å². The lowest BCUT2D eigenvalue weighted by atomic mass is 9.88. The van der Waals surface area contributed by atoms with E-state index in [9.17, 15) is 4.79 Å². The number of nitrogens with zero attached hydrogens (tertiary/aromatic N) is 3. The normalized spacial score (nSPS) is 14.7. The highest BCUT2D eigenvalue weighted by Crippen LogP contribution is 2.21. The molecule has 2 rings (SSSR count). The monoisotopic (exact) mass is 247 g/mol. The molecule has 0 saturated carbocycles. The second-order valence-electron chi connectivity index (χ2n) is 4.79. The Morgan fingerprint density at radius 1 is 1.50 bits per heavy atom. The molecule has 0 aliphatic carbocycles. The second kappa shape index (κ2) is 4.29. The molecule has 6 nitrogen and oxygen atoms in total. The quantitative estimate of drug-likeness (QED) is 0.845. The third kappa shape index (κ3) is 2.01. The molecule has 0 fully saturated rings. The third-order valence-corrected chi connectivity index (χ3v) is 3.28. The molecule has 0 spiro atoms. The van der Waals surface area contributed by atoms with Gasteiger partial charge in [0.05, 0.1) is 0 Å². The lowest BCUT2D eigenvalue weighted by Crippen LogP contribution is -2.52. The van der Waals surface area contributed by atoms with Gasteiger partial charge in [-0.3, -0.25) is 4.79 Å². The van der Waals surface area contributed by atoms with Gasteiger partial charge in [0, 0.05) is 6.20 Å². The maximum Gasteiger partial charge on any atom is 0.243 e. The number of anilines is 1. The van der Waals surface area contributed by atoms with Gasteiger partial charge in [0.25, 0.3) is 0 Å². The Bertz CT molecular complexity index is 544. The molecular weight excluding hydrogens is 230 g/mol. The van der Waals surface area contributed by atoms with Crippen LogP contribution in [0.2, 0.25) is 0 Å². The molecule has 96 valence electrons. The maximum atomic E-state index is 11.6. The van der Waals surface area contributed by atoms with Gasteiger partial charge < -0.3 is 11.1 Å². The number of hydrogen-bond donors (Lipinski definition) is 2. The number of fused-ring (bicyclic) bond motifs is 1. The van der Waals surface area contributed by atoms with Gasteiger partial charge in [0.1, 0.15) is 5.54 Å². The number of amides is 1. The molecular formula is C12H17N5O. The predicted molar refractivity (Wildman–Crippen MR) is 69.0 cm³/mol. The van der Waals surface area contributed by atoms with Gasteiger partial charge in [0.15, 0.2) is 5.65 Å². The van der Waals surface area contributed by atoms with Crippen LogP contribution in [-0.4, -0.2) is 26.0 Å². The third-order valence-electron chi connectivity index (χ3n) is 3.28. The summed E-state index contributed by atoms with van der Waals surface area (Å²) in [7, 11) is 0. The number of pyridine rings is 1. The Morgan fingerprint density at radius 3 is 2.78 bits per heavy atom. The van der Waals surface area contributed by atoms with E-state index in [4.69, 9.17) is 5.73 Å². The van der Waals surface area contributed by atoms with E-state index in [1.165, 1.54) is 0 Å². The molecule has 6 heteroatoms. The highest BCUT2D eigenvalue weighted by Gasteiger charge is 2.35. The Morgan fingerprint density at radius 2 is 2.22 bits per heavy atom. The second-order valence-corrected chi connectivity index (χ2v) is 4.79. The van der Waals surface area contributed by atoms with Gasteiger partial charge in [-0.15, -0.1) is 5.10 Å². The van der Waals surface area contributed by atoms with Crippen LogP contribution in [0.1, 0.15) is 20.8 Å². The van der Waals surface area contributed by atoms with Crippen molar-refractivity contribution in [1.82, 2.24) is 14.6 Å². The van der Waals surface area contributed by atoms with E-state index in [1.54, 1.807) is 17.6 Å². The van der Waals surface area contributed by atoms with Crippen molar-refractivity contribution >= 4 is 17.5 Å². The topological polar surface area (TPSA) is 85.3 Å². The van der Waals surface area contributed by atoms with Crippen LogP contribution in [0, 0.1) is 5.92 Å². The van der Waals surface area contributed by atoms with Crippen LogP contribution in [0.25, 0.3) is 5.65 Å². The number of carbonyl (C=O) groups excluding carboxylic acids is 1. The van der Waals surface area contributed by atoms with Crippen molar-refractivity contribution in [3.8, 4) is 0 Å². The van der Waals surface area contributed by atoms with Crippen molar-refractivity contribution in [2.24, 2.45) is 11.7 Å². The summed E-state index contributed by atoms with van der Waals surface area (Å²) in [5.74, 6) is 0.00849. The number of nitrogens with one attached hydrogen (secondary N) is 1. The van der Waals surface area contributed by atoms with Crippen LogP contribution in [0.15, 0.2) is 24.4 Å². The highest BCUT2D eigenvalue weighted by molar-refractivity contribution is 5.87. The van der Waals surface area contributed by atoms with Crippen LogP contribution in [-0.2, 0) is 4.79 Å². The number of aromatic nitrogens is 3. The standard InChI is InChI=1S/C12H17N5O/c1-8(2)12(3,10(13)18)15-11-14-9-6-4-5-7-17(9)16-11/h4-8H,1-3H3,(H2,13,18)(H,15,16). The fraction of sp³-hybridized carbons (Fsp3) is 0.417. The molecule has 2 aromatic heterocycles. The van der Waals surface area contributed by atoms with Crippen molar-refractivity contribution in [3.63, 3.8) is 0 Å². The Kier molecular flexibility index (Phi) is 2.94. The van der Waals surface area contributed by atoms with Gasteiger partial charge in [-0.25, -0.2) is 4.52 Å². The Balaban J connectivity index is 2.35. The summed E-state index contributed by atoms with van der Waals surface area (Å²) in [5.41, 5.74) is 5.30. The summed E-state index contributed by atoms with van der Waals surface area (Å²) < 4.78 is 1.64. The number of primary amides is 1. The number of hydrogen-bond acceptors (Lipinski definition) is 4. The molecule has 0 aliphatic heterocycles. The first-order valence-corrected chi connectivity index (χ1v) is 5.83. The van der Waals surface area contributed by atoms with Crippen molar-refractivity contribution in [1.29, 1.82) is 0 Å². The largest absolute Gasteiger partial charge is 0.368 e. The van der Waals surface area contributed by atoms with Gasteiger partial charge in [0.2, 0.25) is 11.9 Å². The number of nitrogens with two attached hydrogens (primary N) is 1. The molecule has 2 aromatic rings. The lowest BCUT2D eigenvalue weighted by Gasteiger charge is -2.30. The Hall–Kier alpha value is -2.11. The molecule has 1 atom stereocenters. The van der Waals surface area contributed by atoms with Gasteiger partial charge in [-0.1, -0.05) is 19.9 Å². The summed E-state index contributed by atoms with van der Waals surface area (Å²) in [6, 6.07) is 5.58. The average molecular weight is 247 g/mol.